The fourth-order valence-corrected chi connectivity index (χ4v) is 2.52. The van der Waals surface area contributed by atoms with Gasteiger partial charge in [0.1, 0.15) is 16.0 Å². The van der Waals surface area contributed by atoms with E-state index in [9.17, 15) is 18.0 Å². The second-order valence-electron chi connectivity index (χ2n) is 5.76. The molecular weight excluding hydrogens is 401 g/mol. The molecule has 25 heavy (non-hydrogen) atoms. The number of benzene rings is 1. The van der Waals surface area contributed by atoms with E-state index in [1.54, 1.807) is 6.07 Å². The quantitative estimate of drug-likeness (QED) is 0.715. The molecule has 1 aromatic carbocycles. The number of carbonyl (C=O) groups is 1. The number of nitrogens with zero attached hydrogens (tertiary/aromatic N) is 1. The van der Waals surface area contributed by atoms with Crippen LogP contribution in [0, 0.1) is 5.92 Å². The van der Waals surface area contributed by atoms with Crippen LogP contribution in [0.2, 0.25) is 0 Å². The Kier molecular flexibility index (Phi) is 4.99. The molecule has 1 amide bonds. The van der Waals surface area contributed by atoms with Gasteiger partial charge in [0.2, 0.25) is 0 Å². The highest BCUT2D eigenvalue weighted by molar-refractivity contribution is 9.10. The minimum atomic E-state index is -4.39. The molecule has 1 aromatic heterocycles. The number of aromatic nitrogens is 1. The Bertz CT molecular complexity index is 774. The Balaban J connectivity index is 1.67. The third-order valence-corrected chi connectivity index (χ3v) is 4.27. The zero-order chi connectivity index (χ0) is 18.0. The number of pyridine rings is 1. The predicted octanol–water partition coefficient (Wildman–Crippen LogP) is 4.80. The molecule has 1 aliphatic rings. The average molecular weight is 415 g/mol. The Morgan fingerprint density at radius 1 is 1.20 bits per heavy atom. The summed E-state index contributed by atoms with van der Waals surface area (Å²) >= 11 is 3.22. The molecule has 8 heteroatoms. The SMILES string of the molecule is O=C(NCC1CC1)c1ccc(Oc2ccc(C(F)(F)F)cc2)c(Br)n1. The molecule has 3 rings (SSSR count). The van der Waals surface area contributed by atoms with E-state index in [0.717, 1.165) is 25.0 Å². The van der Waals surface area contributed by atoms with E-state index in [1.807, 2.05) is 0 Å². The number of alkyl halides is 3. The van der Waals surface area contributed by atoms with Gasteiger partial charge in [0, 0.05) is 6.54 Å². The number of rotatable bonds is 5. The van der Waals surface area contributed by atoms with Gasteiger partial charge in [-0.1, -0.05) is 0 Å². The van der Waals surface area contributed by atoms with E-state index < -0.39 is 11.7 Å². The first-order chi connectivity index (χ1) is 11.8. The zero-order valence-corrected chi connectivity index (χ0v) is 14.5. The summed E-state index contributed by atoms with van der Waals surface area (Å²) in [6.45, 7) is 0.641. The number of carbonyl (C=O) groups excluding carboxylic acids is 1. The van der Waals surface area contributed by atoms with Crippen molar-refractivity contribution in [3.63, 3.8) is 0 Å². The molecule has 0 atom stereocenters. The van der Waals surface area contributed by atoms with Gasteiger partial charge < -0.3 is 10.1 Å². The molecule has 1 N–H and O–H groups in total. The van der Waals surface area contributed by atoms with Crippen molar-refractivity contribution in [3.05, 3.63) is 52.3 Å². The minimum absolute atomic E-state index is 0.237. The van der Waals surface area contributed by atoms with Gasteiger partial charge in [0.15, 0.2) is 5.75 Å². The highest BCUT2D eigenvalue weighted by atomic mass is 79.9. The molecular formula is C17H14BrF3N2O2. The van der Waals surface area contributed by atoms with Gasteiger partial charge in [-0.25, -0.2) is 4.98 Å². The van der Waals surface area contributed by atoms with Crippen LogP contribution in [0.1, 0.15) is 28.9 Å². The van der Waals surface area contributed by atoms with Crippen molar-refractivity contribution >= 4 is 21.8 Å². The molecule has 1 saturated carbocycles. The van der Waals surface area contributed by atoms with Crippen molar-refractivity contribution in [2.24, 2.45) is 5.92 Å². The van der Waals surface area contributed by atoms with Crippen LogP contribution < -0.4 is 10.1 Å². The van der Waals surface area contributed by atoms with E-state index in [0.29, 0.717) is 22.8 Å². The van der Waals surface area contributed by atoms with Crippen molar-refractivity contribution < 1.29 is 22.7 Å². The highest BCUT2D eigenvalue weighted by Gasteiger charge is 2.30. The summed E-state index contributed by atoms with van der Waals surface area (Å²) in [6.07, 6.45) is -2.12. The second kappa shape index (κ2) is 7.03. The van der Waals surface area contributed by atoms with Gasteiger partial charge in [-0.15, -0.1) is 0 Å². The van der Waals surface area contributed by atoms with Crippen molar-refractivity contribution in [3.8, 4) is 11.5 Å². The Hall–Kier alpha value is -2.09. The van der Waals surface area contributed by atoms with Crippen molar-refractivity contribution in [1.82, 2.24) is 10.3 Å². The molecule has 0 bridgehead atoms. The van der Waals surface area contributed by atoms with E-state index >= 15 is 0 Å². The molecule has 0 spiro atoms. The standard InChI is InChI=1S/C17H14BrF3N2O2/c18-15-14(25-12-5-3-11(4-6-12)17(19,20)21)8-7-13(23-15)16(24)22-9-10-1-2-10/h3-8,10H,1-2,9H2,(H,22,24). The molecule has 132 valence electrons. The van der Waals surface area contributed by atoms with Crippen LogP contribution in [0.4, 0.5) is 13.2 Å². The van der Waals surface area contributed by atoms with Crippen LogP contribution >= 0.6 is 15.9 Å². The van der Waals surface area contributed by atoms with Crippen LogP contribution in [0.5, 0.6) is 11.5 Å². The van der Waals surface area contributed by atoms with Gasteiger partial charge in [0.25, 0.3) is 5.91 Å². The van der Waals surface area contributed by atoms with Crippen LogP contribution in [0.25, 0.3) is 0 Å². The number of ether oxygens (including phenoxy) is 1. The van der Waals surface area contributed by atoms with Crippen molar-refractivity contribution in [2.45, 2.75) is 19.0 Å². The molecule has 1 fully saturated rings. The van der Waals surface area contributed by atoms with E-state index in [4.69, 9.17) is 4.74 Å². The third kappa shape index (κ3) is 4.72. The normalized spacial score (nSPS) is 14.2. The summed E-state index contributed by atoms with van der Waals surface area (Å²) in [4.78, 5) is 16.1. The maximum absolute atomic E-state index is 12.6. The lowest BCUT2D eigenvalue weighted by molar-refractivity contribution is -0.137. The van der Waals surface area contributed by atoms with E-state index in [1.165, 1.54) is 18.2 Å². The summed E-state index contributed by atoms with van der Waals surface area (Å²) < 4.78 is 43.5. The summed E-state index contributed by atoms with van der Waals surface area (Å²) in [6, 6.07) is 7.39. The highest BCUT2D eigenvalue weighted by Crippen LogP contribution is 2.33. The summed E-state index contributed by atoms with van der Waals surface area (Å²) in [5.41, 5.74) is -0.507. The lowest BCUT2D eigenvalue weighted by atomic mass is 10.2. The number of nitrogens with one attached hydrogen (secondary N) is 1. The fourth-order valence-electron chi connectivity index (χ4n) is 2.11. The van der Waals surface area contributed by atoms with Gasteiger partial charge in [0.05, 0.1) is 5.56 Å². The topological polar surface area (TPSA) is 51.2 Å². The van der Waals surface area contributed by atoms with Crippen molar-refractivity contribution in [2.75, 3.05) is 6.54 Å². The lowest BCUT2D eigenvalue weighted by Crippen LogP contribution is -2.26. The van der Waals surface area contributed by atoms with Crippen LogP contribution in [0.3, 0.4) is 0 Å². The lowest BCUT2D eigenvalue weighted by Gasteiger charge is -2.10. The average Bonchev–Trinajstić information content (AvgIpc) is 3.38. The largest absolute Gasteiger partial charge is 0.455 e. The minimum Gasteiger partial charge on any atom is -0.455 e. The molecule has 0 saturated heterocycles. The van der Waals surface area contributed by atoms with Gasteiger partial charge in [-0.3, -0.25) is 4.79 Å². The number of hydrogen-bond donors (Lipinski definition) is 1. The Morgan fingerprint density at radius 2 is 1.88 bits per heavy atom. The first kappa shape index (κ1) is 17.7. The maximum atomic E-state index is 12.6. The van der Waals surface area contributed by atoms with Crippen LogP contribution in [0.15, 0.2) is 41.0 Å². The summed E-state index contributed by atoms with van der Waals surface area (Å²) in [7, 11) is 0. The number of amides is 1. The number of hydrogen-bond acceptors (Lipinski definition) is 3. The molecule has 1 aliphatic carbocycles. The third-order valence-electron chi connectivity index (χ3n) is 3.70. The second-order valence-corrected chi connectivity index (χ2v) is 6.51. The van der Waals surface area contributed by atoms with Crippen LogP contribution in [-0.2, 0) is 6.18 Å². The van der Waals surface area contributed by atoms with Gasteiger partial charge >= 0.3 is 6.18 Å². The molecule has 1 heterocycles. The van der Waals surface area contributed by atoms with Gasteiger partial charge in [-0.2, -0.15) is 13.2 Å². The predicted molar refractivity (Wildman–Crippen MR) is 88.5 cm³/mol. The maximum Gasteiger partial charge on any atom is 0.416 e. The molecule has 4 nitrogen and oxygen atoms in total. The first-order valence-electron chi connectivity index (χ1n) is 7.63. The first-order valence-corrected chi connectivity index (χ1v) is 8.42. The van der Waals surface area contributed by atoms with Gasteiger partial charge in [-0.05, 0) is 71.1 Å². The monoisotopic (exact) mass is 414 g/mol. The van der Waals surface area contributed by atoms with Crippen LogP contribution in [-0.4, -0.2) is 17.4 Å². The smallest absolute Gasteiger partial charge is 0.416 e. The molecule has 0 unspecified atom stereocenters. The van der Waals surface area contributed by atoms with Crippen molar-refractivity contribution in [1.29, 1.82) is 0 Å². The Labute approximate surface area is 150 Å². The molecule has 0 aliphatic heterocycles. The molecule has 0 radical (unpaired) electrons. The molecule has 2 aromatic rings. The fraction of sp³-hybridized carbons (Fsp3) is 0.294. The summed E-state index contributed by atoms with van der Waals surface area (Å²) in [5.74, 6) is 0.836. The number of halogens is 4. The summed E-state index contributed by atoms with van der Waals surface area (Å²) in [5, 5.41) is 2.81. The zero-order valence-electron chi connectivity index (χ0n) is 12.9. The van der Waals surface area contributed by atoms with E-state index in [-0.39, 0.29) is 17.4 Å². The van der Waals surface area contributed by atoms with E-state index in [2.05, 4.69) is 26.2 Å². The Morgan fingerprint density at radius 3 is 2.44 bits per heavy atom.